The van der Waals surface area contributed by atoms with E-state index in [0.29, 0.717) is 44.6 Å². The molecule has 0 aliphatic carbocycles. The summed E-state index contributed by atoms with van der Waals surface area (Å²) < 4.78 is 40.4. The molecule has 1 N–H and O–H groups in total. The van der Waals surface area contributed by atoms with Crippen LogP contribution in [0, 0.1) is 0 Å². The highest BCUT2D eigenvalue weighted by molar-refractivity contribution is 5.78. The lowest BCUT2D eigenvalue weighted by molar-refractivity contribution is -0.137. The number of nitrogens with zero attached hydrogens (tertiary/aromatic N) is 5. The maximum atomic E-state index is 13.5. The van der Waals surface area contributed by atoms with Gasteiger partial charge in [-0.2, -0.15) is 13.2 Å². The molecule has 1 amide bonds. The molecule has 2 aromatic rings. The Labute approximate surface area is 217 Å². The molecule has 0 atom stereocenters. The molecule has 0 unspecified atom stereocenters. The van der Waals surface area contributed by atoms with E-state index in [1.165, 1.54) is 12.1 Å². The van der Waals surface area contributed by atoms with Crippen LogP contribution in [0.2, 0.25) is 0 Å². The maximum Gasteiger partial charge on any atom is 0.416 e. The molecule has 10 heteroatoms. The number of benzene rings is 1. The number of aromatic nitrogens is 2. The summed E-state index contributed by atoms with van der Waals surface area (Å²) in [6.45, 7) is 11.2. The number of halogens is 3. The third-order valence-corrected chi connectivity index (χ3v) is 7.44. The molecular formula is C27H37F3N6O. The van der Waals surface area contributed by atoms with Gasteiger partial charge in [0.2, 0.25) is 5.91 Å². The molecule has 202 valence electrons. The second-order valence-corrected chi connectivity index (χ2v) is 11.2. The first-order chi connectivity index (χ1) is 17.5. The van der Waals surface area contributed by atoms with Crippen LogP contribution in [-0.4, -0.2) is 83.6 Å². The SMILES string of the molecule is CC(C)(C)NCC1(c2cccc(C(F)(F)F)c2)CCN(C(=O)CN2CCN(c3cnccn3)CC2)CC1. The van der Waals surface area contributed by atoms with Crippen LogP contribution >= 0.6 is 0 Å². The largest absolute Gasteiger partial charge is 0.416 e. The van der Waals surface area contributed by atoms with E-state index in [1.54, 1.807) is 24.7 Å². The molecule has 0 saturated carbocycles. The monoisotopic (exact) mass is 518 g/mol. The average Bonchev–Trinajstić information content (AvgIpc) is 2.88. The van der Waals surface area contributed by atoms with Gasteiger partial charge in [0.15, 0.2) is 0 Å². The van der Waals surface area contributed by atoms with Gasteiger partial charge in [0, 0.05) is 69.2 Å². The lowest BCUT2D eigenvalue weighted by Crippen LogP contribution is -2.55. The van der Waals surface area contributed by atoms with Gasteiger partial charge in [-0.1, -0.05) is 18.2 Å². The van der Waals surface area contributed by atoms with Crippen molar-refractivity contribution in [3.8, 4) is 0 Å². The molecule has 0 radical (unpaired) electrons. The zero-order valence-corrected chi connectivity index (χ0v) is 21.9. The van der Waals surface area contributed by atoms with Crippen LogP contribution in [0.4, 0.5) is 19.0 Å². The number of rotatable bonds is 6. The number of anilines is 1. The standard InChI is InChI=1S/C27H37F3N6O/c1-25(2,3)33-20-26(21-5-4-6-22(17-21)27(28,29)30)7-11-36(12-8-26)24(37)19-34-13-15-35(16-14-34)23-18-31-9-10-32-23/h4-6,9-10,17-18,33H,7-8,11-16,19-20H2,1-3H3. The molecule has 1 aromatic carbocycles. The van der Waals surface area contributed by atoms with Gasteiger partial charge in [0.25, 0.3) is 0 Å². The number of hydrogen-bond donors (Lipinski definition) is 1. The molecule has 37 heavy (non-hydrogen) atoms. The van der Waals surface area contributed by atoms with Crippen molar-refractivity contribution in [2.45, 2.75) is 50.7 Å². The number of hydrogen-bond acceptors (Lipinski definition) is 6. The number of carbonyl (C=O) groups is 1. The van der Waals surface area contributed by atoms with E-state index in [0.717, 1.165) is 38.1 Å². The molecule has 7 nitrogen and oxygen atoms in total. The topological polar surface area (TPSA) is 64.6 Å². The summed E-state index contributed by atoms with van der Waals surface area (Å²) in [5, 5.41) is 3.51. The number of piperidine rings is 1. The van der Waals surface area contributed by atoms with Gasteiger partial charge < -0.3 is 15.1 Å². The third-order valence-electron chi connectivity index (χ3n) is 7.44. The first kappa shape index (κ1) is 27.3. The van der Waals surface area contributed by atoms with E-state index in [-0.39, 0.29) is 11.4 Å². The van der Waals surface area contributed by atoms with Crippen molar-refractivity contribution in [2.75, 3.05) is 57.3 Å². The lowest BCUT2D eigenvalue weighted by Gasteiger charge is -2.44. The molecule has 2 aliphatic heterocycles. The summed E-state index contributed by atoms with van der Waals surface area (Å²) in [5.74, 6) is 0.925. The number of amides is 1. The normalized spacial score (nSPS) is 19.2. The Balaban J connectivity index is 1.38. The maximum absolute atomic E-state index is 13.5. The number of nitrogens with one attached hydrogen (secondary N) is 1. The smallest absolute Gasteiger partial charge is 0.353 e. The third kappa shape index (κ3) is 6.98. The summed E-state index contributed by atoms with van der Waals surface area (Å²) in [5.41, 5.74) is -0.575. The Hall–Kier alpha value is -2.72. The number of alkyl halides is 3. The summed E-state index contributed by atoms with van der Waals surface area (Å²) >= 11 is 0. The van der Waals surface area contributed by atoms with Crippen molar-refractivity contribution >= 4 is 11.7 Å². The summed E-state index contributed by atoms with van der Waals surface area (Å²) in [6.07, 6.45) is 1.92. The van der Waals surface area contributed by atoms with E-state index < -0.39 is 17.2 Å². The summed E-state index contributed by atoms with van der Waals surface area (Å²) in [4.78, 5) is 27.8. The highest BCUT2D eigenvalue weighted by atomic mass is 19.4. The first-order valence-electron chi connectivity index (χ1n) is 12.9. The van der Waals surface area contributed by atoms with Crippen LogP contribution in [-0.2, 0) is 16.4 Å². The predicted octanol–water partition coefficient (Wildman–Crippen LogP) is 3.57. The number of likely N-dealkylation sites (tertiary alicyclic amines) is 1. The summed E-state index contributed by atoms with van der Waals surface area (Å²) in [6, 6.07) is 5.71. The fraction of sp³-hybridized carbons (Fsp3) is 0.593. The van der Waals surface area contributed by atoms with Crippen LogP contribution in [0.15, 0.2) is 42.9 Å². The fourth-order valence-electron chi connectivity index (χ4n) is 5.09. The minimum Gasteiger partial charge on any atom is -0.353 e. The zero-order valence-electron chi connectivity index (χ0n) is 21.9. The van der Waals surface area contributed by atoms with E-state index in [9.17, 15) is 18.0 Å². The quantitative estimate of drug-likeness (QED) is 0.631. The first-order valence-corrected chi connectivity index (χ1v) is 12.9. The van der Waals surface area contributed by atoms with Crippen LogP contribution < -0.4 is 10.2 Å². The highest BCUT2D eigenvalue weighted by Gasteiger charge is 2.40. The second-order valence-electron chi connectivity index (χ2n) is 11.2. The molecule has 1 aromatic heterocycles. The van der Waals surface area contributed by atoms with E-state index in [4.69, 9.17) is 0 Å². The van der Waals surface area contributed by atoms with Crippen molar-refractivity contribution < 1.29 is 18.0 Å². The number of piperazine rings is 1. The van der Waals surface area contributed by atoms with Crippen LogP contribution in [0.1, 0.15) is 44.7 Å². The van der Waals surface area contributed by atoms with Crippen LogP contribution in [0.3, 0.4) is 0 Å². The zero-order chi connectivity index (χ0) is 26.7. The predicted molar refractivity (Wildman–Crippen MR) is 137 cm³/mol. The molecule has 3 heterocycles. The van der Waals surface area contributed by atoms with Gasteiger partial charge in [0.05, 0.1) is 18.3 Å². The molecule has 2 aliphatic rings. The molecule has 4 rings (SSSR count). The Morgan fingerprint density at radius 2 is 1.73 bits per heavy atom. The van der Waals surface area contributed by atoms with Gasteiger partial charge in [0.1, 0.15) is 5.82 Å². The Bertz CT molecular complexity index is 1040. The van der Waals surface area contributed by atoms with Crippen LogP contribution in [0.25, 0.3) is 0 Å². The minimum atomic E-state index is -4.39. The van der Waals surface area contributed by atoms with Crippen molar-refractivity contribution in [1.82, 2.24) is 25.1 Å². The Kier molecular flexibility index (Phi) is 8.08. The molecule has 0 spiro atoms. The van der Waals surface area contributed by atoms with Gasteiger partial charge in [-0.05, 0) is 45.2 Å². The molecule has 0 bridgehead atoms. The van der Waals surface area contributed by atoms with Crippen molar-refractivity contribution in [3.63, 3.8) is 0 Å². The molecule has 2 saturated heterocycles. The minimum absolute atomic E-state index is 0.0781. The molecule has 2 fully saturated rings. The van der Waals surface area contributed by atoms with E-state index in [2.05, 4.69) is 45.9 Å². The Morgan fingerprint density at radius 1 is 1.03 bits per heavy atom. The number of carbonyl (C=O) groups excluding carboxylic acids is 1. The molecular weight excluding hydrogens is 481 g/mol. The van der Waals surface area contributed by atoms with Gasteiger partial charge >= 0.3 is 6.18 Å². The van der Waals surface area contributed by atoms with Crippen molar-refractivity contribution in [3.05, 3.63) is 54.0 Å². The van der Waals surface area contributed by atoms with Crippen LogP contribution in [0.5, 0.6) is 0 Å². The van der Waals surface area contributed by atoms with E-state index in [1.807, 2.05) is 4.90 Å². The van der Waals surface area contributed by atoms with Gasteiger partial charge in [-0.15, -0.1) is 0 Å². The summed E-state index contributed by atoms with van der Waals surface area (Å²) in [7, 11) is 0. The second kappa shape index (κ2) is 10.9. The van der Waals surface area contributed by atoms with Gasteiger partial charge in [-0.25, -0.2) is 4.98 Å². The fourth-order valence-corrected chi connectivity index (χ4v) is 5.09. The van der Waals surface area contributed by atoms with E-state index >= 15 is 0 Å². The highest BCUT2D eigenvalue weighted by Crippen LogP contribution is 2.38. The average molecular weight is 519 g/mol. The van der Waals surface area contributed by atoms with Crippen molar-refractivity contribution in [1.29, 1.82) is 0 Å². The van der Waals surface area contributed by atoms with Gasteiger partial charge in [-0.3, -0.25) is 14.7 Å². The lowest BCUT2D eigenvalue weighted by atomic mass is 9.72. The van der Waals surface area contributed by atoms with Crippen molar-refractivity contribution in [2.24, 2.45) is 0 Å². The Morgan fingerprint density at radius 3 is 2.32 bits per heavy atom.